The Kier molecular flexibility index (Phi) is 5.41. The summed E-state index contributed by atoms with van der Waals surface area (Å²) in [6.07, 6.45) is 1.80. The molecule has 0 saturated heterocycles. The van der Waals surface area contributed by atoms with Crippen molar-refractivity contribution in [3.8, 4) is 0 Å². The van der Waals surface area contributed by atoms with Crippen LogP contribution in [0.5, 0.6) is 0 Å². The molecule has 0 aromatic carbocycles. The van der Waals surface area contributed by atoms with E-state index in [4.69, 9.17) is 10.5 Å². The van der Waals surface area contributed by atoms with Gasteiger partial charge in [0.05, 0.1) is 13.2 Å². The van der Waals surface area contributed by atoms with Gasteiger partial charge in [-0.25, -0.2) is 9.78 Å². The van der Waals surface area contributed by atoms with Crippen LogP contribution < -0.4 is 0 Å². The second-order valence-corrected chi connectivity index (χ2v) is 3.11. The molecule has 0 radical (unpaired) electrons. The highest BCUT2D eigenvalue weighted by atomic mass is 17.1. The van der Waals surface area contributed by atoms with Crippen LogP contribution in [0, 0.1) is 5.41 Å². The third kappa shape index (κ3) is 4.31. The first kappa shape index (κ1) is 10.8. The third-order valence-electron chi connectivity index (χ3n) is 1.68. The summed E-state index contributed by atoms with van der Waals surface area (Å²) in [7, 11) is 0. The van der Waals surface area contributed by atoms with Crippen molar-refractivity contribution in [1.82, 2.24) is 0 Å². The van der Waals surface area contributed by atoms with E-state index in [1.54, 1.807) is 0 Å². The summed E-state index contributed by atoms with van der Waals surface area (Å²) in [4.78, 5) is 8.04. The second-order valence-electron chi connectivity index (χ2n) is 3.11. The predicted octanol–water partition coefficient (Wildman–Crippen LogP) is 1.77. The average Bonchev–Trinajstić information content (AvgIpc) is 1.88. The Morgan fingerprint density at radius 1 is 1.18 bits per heavy atom. The van der Waals surface area contributed by atoms with Gasteiger partial charge >= 0.3 is 0 Å². The van der Waals surface area contributed by atoms with Gasteiger partial charge in [0.25, 0.3) is 0 Å². The van der Waals surface area contributed by atoms with E-state index in [9.17, 15) is 0 Å². The Balaban J connectivity index is 3.79. The first-order valence-electron chi connectivity index (χ1n) is 3.71. The highest BCUT2D eigenvalue weighted by molar-refractivity contribution is 4.71. The molecule has 0 aliphatic heterocycles. The molecule has 2 N–H and O–H groups in total. The zero-order chi connectivity index (χ0) is 8.74. The van der Waals surface area contributed by atoms with Crippen LogP contribution in [0.2, 0.25) is 0 Å². The monoisotopic (exact) mass is 164 g/mol. The lowest BCUT2D eigenvalue weighted by molar-refractivity contribution is -0.298. The van der Waals surface area contributed by atoms with E-state index in [1.165, 1.54) is 0 Å². The lowest BCUT2D eigenvalue weighted by Gasteiger charge is -2.25. The van der Waals surface area contributed by atoms with Crippen molar-refractivity contribution in [2.24, 2.45) is 5.41 Å². The van der Waals surface area contributed by atoms with Crippen molar-refractivity contribution in [2.75, 3.05) is 13.2 Å². The topological polar surface area (TPSA) is 58.9 Å². The third-order valence-corrected chi connectivity index (χ3v) is 1.68. The summed E-state index contributed by atoms with van der Waals surface area (Å²) < 4.78 is 0. The summed E-state index contributed by atoms with van der Waals surface area (Å²) in [6, 6.07) is 0. The van der Waals surface area contributed by atoms with Crippen LogP contribution in [0.3, 0.4) is 0 Å². The van der Waals surface area contributed by atoms with Crippen molar-refractivity contribution in [3.63, 3.8) is 0 Å². The van der Waals surface area contributed by atoms with Gasteiger partial charge in [-0.2, -0.15) is 0 Å². The van der Waals surface area contributed by atoms with Crippen LogP contribution in [0.15, 0.2) is 0 Å². The van der Waals surface area contributed by atoms with Gasteiger partial charge in [0.2, 0.25) is 0 Å². The normalized spacial score (nSPS) is 12.0. The molecule has 0 bridgehead atoms. The Morgan fingerprint density at radius 3 is 1.91 bits per heavy atom. The quantitative estimate of drug-likeness (QED) is 0.464. The summed E-state index contributed by atoms with van der Waals surface area (Å²) in [6.45, 7) is 4.26. The lowest BCUT2D eigenvalue weighted by Crippen LogP contribution is -2.28. The molecule has 0 spiro atoms. The largest absolute Gasteiger partial charge is 0.252 e. The fourth-order valence-electron chi connectivity index (χ4n) is 1.10. The maximum absolute atomic E-state index is 8.22. The molecule has 0 heterocycles. The van der Waals surface area contributed by atoms with Crippen LogP contribution in [-0.4, -0.2) is 23.7 Å². The SMILES string of the molecule is CCCC(C)(COO)COO. The van der Waals surface area contributed by atoms with Gasteiger partial charge in [0, 0.05) is 5.41 Å². The summed E-state index contributed by atoms with van der Waals surface area (Å²) >= 11 is 0. The number of hydrogen-bond acceptors (Lipinski definition) is 4. The van der Waals surface area contributed by atoms with E-state index < -0.39 is 0 Å². The Labute approximate surface area is 66.6 Å². The molecule has 0 aromatic rings. The van der Waals surface area contributed by atoms with Crippen molar-refractivity contribution in [1.29, 1.82) is 0 Å². The van der Waals surface area contributed by atoms with Gasteiger partial charge in [0.1, 0.15) is 0 Å². The molecule has 0 rings (SSSR count). The Morgan fingerprint density at radius 2 is 1.64 bits per heavy atom. The zero-order valence-electron chi connectivity index (χ0n) is 7.04. The fraction of sp³-hybridized carbons (Fsp3) is 1.00. The van der Waals surface area contributed by atoms with Gasteiger partial charge in [-0.05, 0) is 6.42 Å². The average molecular weight is 164 g/mol. The van der Waals surface area contributed by atoms with Crippen LogP contribution in [0.4, 0.5) is 0 Å². The van der Waals surface area contributed by atoms with E-state index in [1.807, 2.05) is 13.8 Å². The molecule has 0 atom stereocenters. The van der Waals surface area contributed by atoms with Crippen molar-refractivity contribution in [3.05, 3.63) is 0 Å². The molecule has 0 aliphatic carbocycles. The summed E-state index contributed by atoms with van der Waals surface area (Å²) in [5, 5.41) is 16.4. The second kappa shape index (κ2) is 5.49. The molecule has 68 valence electrons. The van der Waals surface area contributed by atoms with Crippen LogP contribution in [0.1, 0.15) is 26.7 Å². The van der Waals surface area contributed by atoms with Crippen molar-refractivity contribution in [2.45, 2.75) is 26.7 Å². The van der Waals surface area contributed by atoms with Crippen molar-refractivity contribution < 1.29 is 20.3 Å². The van der Waals surface area contributed by atoms with Gasteiger partial charge in [-0.3, -0.25) is 10.5 Å². The minimum atomic E-state index is -0.293. The minimum Gasteiger partial charge on any atom is -0.252 e. The van der Waals surface area contributed by atoms with E-state index in [2.05, 4.69) is 9.78 Å². The first-order valence-corrected chi connectivity index (χ1v) is 3.71. The van der Waals surface area contributed by atoms with Gasteiger partial charge in [-0.15, -0.1) is 0 Å². The fourth-order valence-corrected chi connectivity index (χ4v) is 1.10. The number of rotatable bonds is 6. The Bertz CT molecular complexity index is 77.4. The maximum atomic E-state index is 8.22. The zero-order valence-corrected chi connectivity index (χ0v) is 7.04. The summed E-state index contributed by atoms with van der Waals surface area (Å²) in [5.41, 5.74) is -0.293. The molecule has 4 nitrogen and oxygen atoms in total. The molecular weight excluding hydrogens is 148 g/mol. The molecule has 0 saturated carbocycles. The van der Waals surface area contributed by atoms with E-state index in [0.717, 1.165) is 12.8 Å². The van der Waals surface area contributed by atoms with E-state index in [0.29, 0.717) is 0 Å². The lowest BCUT2D eigenvalue weighted by atomic mass is 9.88. The van der Waals surface area contributed by atoms with Gasteiger partial charge < -0.3 is 0 Å². The first-order chi connectivity index (χ1) is 5.18. The molecule has 0 amide bonds. The van der Waals surface area contributed by atoms with E-state index >= 15 is 0 Å². The van der Waals surface area contributed by atoms with Gasteiger partial charge in [0.15, 0.2) is 0 Å². The predicted molar refractivity (Wildman–Crippen MR) is 40.2 cm³/mol. The van der Waals surface area contributed by atoms with E-state index in [-0.39, 0.29) is 18.6 Å². The molecular formula is C7H16O4. The molecule has 11 heavy (non-hydrogen) atoms. The highest BCUT2D eigenvalue weighted by Gasteiger charge is 2.24. The molecule has 0 aromatic heterocycles. The standard InChI is InChI=1S/C7H16O4/c1-3-4-7(2,5-10-8)6-11-9/h8-9H,3-6H2,1-2H3. The van der Waals surface area contributed by atoms with Gasteiger partial charge in [-0.1, -0.05) is 20.3 Å². The molecule has 0 aliphatic rings. The van der Waals surface area contributed by atoms with Crippen LogP contribution in [-0.2, 0) is 9.78 Å². The summed E-state index contributed by atoms with van der Waals surface area (Å²) in [5.74, 6) is 0. The van der Waals surface area contributed by atoms with Crippen LogP contribution >= 0.6 is 0 Å². The molecule has 0 fully saturated rings. The molecule has 0 unspecified atom stereocenters. The van der Waals surface area contributed by atoms with Crippen molar-refractivity contribution >= 4 is 0 Å². The van der Waals surface area contributed by atoms with Crippen LogP contribution in [0.25, 0.3) is 0 Å². The smallest absolute Gasteiger partial charge is 0.0896 e. The Hall–Kier alpha value is -0.160. The molecule has 4 heteroatoms. The maximum Gasteiger partial charge on any atom is 0.0896 e. The number of hydrogen-bond donors (Lipinski definition) is 2. The minimum absolute atomic E-state index is 0.182. The highest BCUT2D eigenvalue weighted by Crippen LogP contribution is 2.23.